The van der Waals surface area contributed by atoms with Gasteiger partial charge in [0.1, 0.15) is 0 Å². The van der Waals surface area contributed by atoms with Gasteiger partial charge in [-0.05, 0) is 23.8 Å². The Kier molecular flexibility index (Phi) is 2.98. The second-order valence-electron chi connectivity index (χ2n) is 3.37. The first-order valence-electron chi connectivity index (χ1n) is 4.87. The number of hydrazine groups is 1. The number of carbonyl (C=O) groups excluding carboxylic acids is 1. The predicted molar refractivity (Wildman–Crippen MR) is 59.4 cm³/mol. The van der Waals surface area contributed by atoms with E-state index >= 15 is 0 Å². The SMILES string of the molecule is NNC(=O)c1ccc(Cn2cccn2)cc1. The Morgan fingerprint density at radius 3 is 2.69 bits per heavy atom. The molecule has 1 aromatic carbocycles. The maximum absolute atomic E-state index is 11.2. The average molecular weight is 216 g/mol. The van der Waals surface area contributed by atoms with Crippen molar-refractivity contribution in [3.8, 4) is 0 Å². The molecule has 0 aliphatic carbocycles. The molecule has 5 heteroatoms. The smallest absolute Gasteiger partial charge is 0.265 e. The van der Waals surface area contributed by atoms with Gasteiger partial charge in [-0.3, -0.25) is 14.9 Å². The Labute approximate surface area is 92.8 Å². The van der Waals surface area contributed by atoms with Gasteiger partial charge >= 0.3 is 0 Å². The maximum atomic E-state index is 11.2. The summed E-state index contributed by atoms with van der Waals surface area (Å²) in [5, 5.41) is 4.10. The zero-order chi connectivity index (χ0) is 11.4. The molecule has 1 heterocycles. The molecule has 2 aromatic rings. The monoisotopic (exact) mass is 216 g/mol. The number of rotatable bonds is 3. The third-order valence-corrected chi connectivity index (χ3v) is 2.25. The summed E-state index contributed by atoms with van der Waals surface area (Å²) in [6.07, 6.45) is 3.62. The highest BCUT2D eigenvalue weighted by Crippen LogP contribution is 2.05. The van der Waals surface area contributed by atoms with Gasteiger partial charge < -0.3 is 0 Å². The molecule has 1 aromatic heterocycles. The molecular weight excluding hydrogens is 204 g/mol. The number of nitrogens with one attached hydrogen (secondary N) is 1. The van der Waals surface area contributed by atoms with Gasteiger partial charge in [0.2, 0.25) is 0 Å². The van der Waals surface area contributed by atoms with Crippen molar-refractivity contribution in [3.05, 3.63) is 53.9 Å². The van der Waals surface area contributed by atoms with E-state index in [0.717, 1.165) is 5.56 Å². The van der Waals surface area contributed by atoms with Crippen molar-refractivity contribution in [2.24, 2.45) is 5.84 Å². The van der Waals surface area contributed by atoms with Crippen molar-refractivity contribution in [2.75, 3.05) is 0 Å². The van der Waals surface area contributed by atoms with E-state index in [-0.39, 0.29) is 5.91 Å². The molecule has 2 rings (SSSR count). The molecule has 0 bridgehead atoms. The topological polar surface area (TPSA) is 72.9 Å². The van der Waals surface area contributed by atoms with Crippen LogP contribution in [-0.4, -0.2) is 15.7 Å². The summed E-state index contributed by atoms with van der Waals surface area (Å²) in [7, 11) is 0. The van der Waals surface area contributed by atoms with E-state index in [2.05, 4.69) is 10.5 Å². The average Bonchev–Trinajstić information content (AvgIpc) is 2.82. The molecule has 82 valence electrons. The van der Waals surface area contributed by atoms with Crippen molar-refractivity contribution >= 4 is 5.91 Å². The number of nitrogens with two attached hydrogens (primary N) is 1. The first kappa shape index (κ1) is 10.4. The number of benzene rings is 1. The van der Waals surface area contributed by atoms with E-state index in [0.29, 0.717) is 12.1 Å². The summed E-state index contributed by atoms with van der Waals surface area (Å²) in [6.45, 7) is 0.692. The molecular formula is C11H12N4O. The largest absolute Gasteiger partial charge is 0.290 e. The van der Waals surface area contributed by atoms with Crippen LogP contribution >= 0.6 is 0 Å². The van der Waals surface area contributed by atoms with Crippen molar-refractivity contribution < 1.29 is 4.79 Å². The van der Waals surface area contributed by atoms with Gasteiger partial charge in [-0.25, -0.2) is 5.84 Å². The van der Waals surface area contributed by atoms with E-state index in [9.17, 15) is 4.79 Å². The lowest BCUT2D eigenvalue weighted by atomic mass is 10.1. The van der Waals surface area contributed by atoms with E-state index in [4.69, 9.17) is 5.84 Å². The molecule has 3 N–H and O–H groups in total. The van der Waals surface area contributed by atoms with Crippen LogP contribution in [0.25, 0.3) is 0 Å². The van der Waals surface area contributed by atoms with Crippen LogP contribution in [0, 0.1) is 0 Å². The van der Waals surface area contributed by atoms with Gasteiger partial charge in [0, 0.05) is 18.0 Å². The quantitative estimate of drug-likeness (QED) is 0.446. The Hall–Kier alpha value is -2.14. The summed E-state index contributed by atoms with van der Waals surface area (Å²) in [5.74, 6) is 4.75. The van der Waals surface area contributed by atoms with Gasteiger partial charge in [0.15, 0.2) is 0 Å². The molecule has 0 atom stereocenters. The summed E-state index contributed by atoms with van der Waals surface area (Å²) in [6, 6.07) is 9.11. The summed E-state index contributed by atoms with van der Waals surface area (Å²) in [4.78, 5) is 11.2. The molecule has 16 heavy (non-hydrogen) atoms. The summed E-state index contributed by atoms with van der Waals surface area (Å²) < 4.78 is 1.82. The van der Waals surface area contributed by atoms with E-state index in [1.165, 1.54) is 0 Å². The van der Waals surface area contributed by atoms with Crippen molar-refractivity contribution in [1.82, 2.24) is 15.2 Å². The van der Waals surface area contributed by atoms with Gasteiger partial charge in [-0.2, -0.15) is 5.10 Å². The van der Waals surface area contributed by atoms with Crippen LogP contribution in [0.4, 0.5) is 0 Å². The van der Waals surface area contributed by atoms with Crippen LogP contribution in [-0.2, 0) is 6.54 Å². The number of carbonyl (C=O) groups is 1. The van der Waals surface area contributed by atoms with Gasteiger partial charge in [0.05, 0.1) is 6.54 Å². The normalized spacial score (nSPS) is 10.1. The van der Waals surface area contributed by atoms with Crippen molar-refractivity contribution in [1.29, 1.82) is 0 Å². The third-order valence-electron chi connectivity index (χ3n) is 2.25. The minimum absolute atomic E-state index is 0.286. The lowest BCUT2D eigenvalue weighted by Crippen LogP contribution is -2.29. The second kappa shape index (κ2) is 4.59. The molecule has 0 aliphatic rings. The Balaban J connectivity index is 2.10. The number of hydrogen-bond donors (Lipinski definition) is 2. The molecule has 0 radical (unpaired) electrons. The van der Waals surface area contributed by atoms with Gasteiger partial charge in [-0.1, -0.05) is 12.1 Å². The molecule has 5 nitrogen and oxygen atoms in total. The van der Waals surface area contributed by atoms with Crippen LogP contribution in [0.2, 0.25) is 0 Å². The van der Waals surface area contributed by atoms with E-state index in [1.54, 1.807) is 18.3 Å². The summed E-state index contributed by atoms with van der Waals surface area (Å²) >= 11 is 0. The molecule has 0 saturated carbocycles. The minimum atomic E-state index is -0.286. The lowest BCUT2D eigenvalue weighted by molar-refractivity contribution is 0.0953. The number of nitrogen functional groups attached to an aromatic ring is 1. The first-order valence-corrected chi connectivity index (χ1v) is 4.87. The number of aromatic nitrogens is 2. The molecule has 0 fully saturated rings. The van der Waals surface area contributed by atoms with E-state index < -0.39 is 0 Å². The van der Waals surface area contributed by atoms with Crippen LogP contribution in [0.1, 0.15) is 15.9 Å². The Morgan fingerprint density at radius 2 is 2.12 bits per heavy atom. The maximum Gasteiger partial charge on any atom is 0.265 e. The van der Waals surface area contributed by atoms with Crippen LogP contribution in [0.3, 0.4) is 0 Å². The molecule has 0 aliphatic heterocycles. The lowest BCUT2D eigenvalue weighted by Gasteiger charge is -2.03. The van der Waals surface area contributed by atoms with Gasteiger partial charge in [-0.15, -0.1) is 0 Å². The zero-order valence-corrected chi connectivity index (χ0v) is 8.63. The third kappa shape index (κ3) is 2.26. The van der Waals surface area contributed by atoms with Crippen molar-refractivity contribution in [2.45, 2.75) is 6.54 Å². The molecule has 0 saturated heterocycles. The molecule has 1 amide bonds. The second-order valence-corrected chi connectivity index (χ2v) is 3.37. The van der Waals surface area contributed by atoms with Gasteiger partial charge in [0.25, 0.3) is 5.91 Å². The van der Waals surface area contributed by atoms with Crippen LogP contribution in [0.5, 0.6) is 0 Å². The minimum Gasteiger partial charge on any atom is -0.290 e. The predicted octanol–water partition coefficient (Wildman–Crippen LogP) is 0.535. The fraction of sp³-hybridized carbons (Fsp3) is 0.0909. The Bertz CT molecular complexity index is 461. The fourth-order valence-corrected chi connectivity index (χ4v) is 1.43. The summed E-state index contributed by atoms with van der Waals surface area (Å²) in [5.41, 5.74) is 3.72. The number of nitrogens with zero attached hydrogens (tertiary/aromatic N) is 2. The zero-order valence-electron chi connectivity index (χ0n) is 8.63. The fourth-order valence-electron chi connectivity index (χ4n) is 1.43. The number of hydrogen-bond acceptors (Lipinski definition) is 3. The van der Waals surface area contributed by atoms with E-state index in [1.807, 2.05) is 29.1 Å². The first-order chi connectivity index (χ1) is 7.79. The Morgan fingerprint density at radius 1 is 1.38 bits per heavy atom. The number of amides is 1. The molecule has 0 spiro atoms. The highest BCUT2D eigenvalue weighted by molar-refractivity contribution is 5.93. The van der Waals surface area contributed by atoms with Crippen LogP contribution in [0.15, 0.2) is 42.7 Å². The highest BCUT2D eigenvalue weighted by Gasteiger charge is 2.02. The standard InChI is InChI=1S/C11H12N4O/c12-14-11(16)10-4-2-9(3-5-10)8-15-7-1-6-13-15/h1-7H,8,12H2,(H,14,16). The van der Waals surface area contributed by atoms with Crippen LogP contribution < -0.4 is 11.3 Å². The molecule has 0 unspecified atom stereocenters. The van der Waals surface area contributed by atoms with Crippen molar-refractivity contribution in [3.63, 3.8) is 0 Å². The highest BCUT2D eigenvalue weighted by atomic mass is 16.2.